The normalized spacial score (nSPS) is 11.3. The van der Waals surface area contributed by atoms with E-state index in [1.807, 2.05) is 12.1 Å². The van der Waals surface area contributed by atoms with Gasteiger partial charge in [0.1, 0.15) is 11.6 Å². The number of rotatable bonds is 2. The molecule has 0 nitrogen and oxygen atoms in total. The Morgan fingerprint density at radius 3 is 2.12 bits per heavy atom. The first-order valence-corrected chi connectivity index (χ1v) is 8.06. The van der Waals surface area contributed by atoms with E-state index in [9.17, 15) is 8.78 Å². The molecule has 0 heterocycles. The molecule has 0 aliphatic heterocycles. The zero-order valence-electron chi connectivity index (χ0n) is 13.3. The summed E-state index contributed by atoms with van der Waals surface area (Å²) in [5.74, 6) is -0.612. The summed E-state index contributed by atoms with van der Waals surface area (Å²) in [5.41, 5.74) is 2.44. The topological polar surface area (TPSA) is 0 Å². The lowest BCUT2D eigenvalue weighted by molar-refractivity contribution is 0.626. The third-order valence-corrected chi connectivity index (χ3v) is 4.55. The molecule has 4 rings (SSSR count). The average molecular weight is 318 g/mol. The SMILES string of the molecule is CCc1ccc2c(ccc3cc(-c4ccc(F)cc4)c(F)cc32)c1. The van der Waals surface area contributed by atoms with Gasteiger partial charge in [0.15, 0.2) is 0 Å². The maximum absolute atomic E-state index is 14.7. The van der Waals surface area contributed by atoms with Crippen LogP contribution in [0.2, 0.25) is 0 Å². The molecule has 0 spiro atoms. The fraction of sp³-hybridized carbons (Fsp3) is 0.0909. The van der Waals surface area contributed by atoms with Crippen LogP contribution in [0, 0.1) is 11.6 Å². The lowest BCUT2D eigenvalue weighted by Crippen LogP contribution is -1.88. The summed E-state index contributed by atoms with van der Waals surface area (Å²) in [6, 6.07) is 19.7. The van der Waals surface area contributed by atoms with E-state index in [2.05, 4.69) is 31.2 Å². The molecule has 0 atom stereocenters. The van der Waals surface area contributed by atoms with Crippen LogP contribution in [0.15, 0.2) is 66.7 Å². The molecule has 0 bridgehead atoms. The van der Waals surface area contributed by atoms with E-state index >= 15 is 0 Å². The Kier molecular flexibility index (Phi) is 3.53. The predicted octanol–water partition coefficient (Wildman–Crippen LogP) is 6.50. The van der Waals surface area contributed by atoms with Gasteiger partial charge in [0.05, 0.1) is 0 Å². The van der Waals surface area contributed by atoms with Crippen LogP contribution in [-0.2, 0) is 6.42 Å². The van der Waals surface area contributed by atoms with Crippen molar-refractivity contribution in [1.29, 1.82) is 0 Å². The van der Waals surface area contributed by atoms with E-state index in [0.717, 1.165) is 28.0 Å². The zero-order valence-corrected chi connectivity index (χ0v) is 13.3. The van der Waals surface area contributed by atoms with E-state index in [0.29, 0.717) is 11.1 Å². The van der Waals surface area contributed by atoms with Crippen molar-refractivity contribution in [2.75, 3.05) is 0 Å². The van der Waals surface area contributed by atoms with Crippen LogP contribution in [0.3, 0.4) is 0 Å². The third kappa shape index (κ3) is 2.44. The second-order valence-corrected chi connectivity index (χ2v) is 6.03. The predicted molar refractivity (Wildman–Crippen MR) is 96.2 cm³/mol. The summed E-state index contributed by atoms with van der Waals surface area (Å²) in [7, 11) is 0. The minimum absolute atomic E-state index is 0.291. The number of aryl methyl sites for hydroxylation is 1. The smallest absolute Gasteiger partial charge is 0.131 e. The van der Waals surface area contributed by atoms with Crippen LogP contribution in [0.4, 0.5) is 8.78 Å². The molecule has 0 fully saturated rings. The van der Waals surface area contributed by atoms with Gasteiger partial charge in [0, 0.05) is 5.56 Å². The van der Waals surface area contributed by atoms with Crippen molar-refractivity contribution in [2.24, 2.45) is 0 Å². The monoisotopic (exact) mass is 318 g/mol. The minimum atomic E-state index is -0.322. The Hall–Kier alpha value is -2.74. The molecule has 0 aliphatic rings. The van der Waals surface area contributed by atoms with Gasteiger partial charge in [0.25, 0.3) is 0 Å². The second-order valence-electron chi connectivity index (χ2n) is 6.03. The van der Waals surface area contributed by atoms with E-state index in [4.69, 9.17) is 0 Å². The van der Waals surface area contributed by atoms with Crippen LogP contribution in [0.25, 0.3) is 32.7 Å². The van der Waals surface area contributed by atoms with E-state index in [-0.39, 0.29) is 11.6 Å². The maximum atomic E-state index is 14.7. The molecule has 4 aromatic carbocycles. The molecule has 0 N–H and O–H groups in total. The third-order valence-electron chi connectivity index (χ3n) is 4.55. The van der Waals surface area contributed by atoms with Gasteiger partial charge < -0.3 is 0 Å². The van der Waals surface area contributed by atoms with Crippen LogP contribution >= 0.6 is 0 Å². The van der Waals surface area contributed by atoms with Gasteiger partial charge in [-0.15, -0.1) is 0 Å². The number of fused-ring (bicyclic) bond motifs is 3. The molecule has 4 aromatic rings. The van der Waals surface area contributed by atoms with Gasteiger partial charge >= 0.3 is 0 Å². The van der Waals surface area contributed by atoms with Gasteiger partial charge in [-0.3, -0.25) is 0 Å². The minimum Gasteiger partial charge on any atom is -0.207 e. The zero-order chi connectivity index (χ0) is 16.7. The molecule has 118 valence electrons. The van der Waals surface area contributed by atoms with Gasteiger partial charge in [-0.1, -0.05) is 49.4 Å². The average Bonchev–Trinajstić information content (AvgIpc) is 2.61. The Morgan fingerprint density at radius 1 is 0.708 bits per heavy atom. The largest absolute Gasteiger partial charge is 0.207 e. The first-order chi connectivity index (χ1) is 11.7. The van der Waals surface area contributed by atoms with Gasteiger partial charge in [0.2, 0.25) is 0 Å². The molecule has 24 heavy (non-hydrogen) atoms. The molecule has 0 radical (unpaired) electrons. The van der Waals surface area contributed by atoms with Crippen molar-refractivity contribution in [3.8, 4) is 11.1 Å². The van der Waals surface area contributed by atoms with Crippen molar-refractivity contribution in [1.82, 2.24) is 0 Å². The highest BCUT2D eigenvalue weighted by molar-refractivity contribution is 6.08. The standard InChI is InChI=1S/C22H16F2/c1-2-14-3-10-19-16(11-14)4-5-17-12-21(22(24)13-20(17)19)15-6-8-18(23)9-7-15/h3-13H,2H2,1H3. The first kappa shape index (κ1) is 14.8. The van der Waals surface area contributed by atoms with Crippen LogP contribution in [-0.4, -0.2) is 0 Å². The van der Waals surface area contributed by atoms with Gasteiger partial charge in [-0.05, 0) is 63.4 Å². The molecule has 0 unspecified atom stereocenters. The van der Waals surface area contributed by atoms with Gasteiger partial charge in [-0.2, -0.15) is 0 Å². The summed E-state index contributed by atoms with van der Waals surface area (Å²) in [4.78, 5) is 0. The molecule has 0 saturated heterocycles. The molecular formula is C22H16F2. The summed E-state index contributed by atoms with van der Waals surface area (Å²) in [5, 5.41) is 4.05. The first-order valence-electron chi connectivity index (χ1n) is 8.06. The molecule has 0 amide bonds. The molecule has 0 saturated carbocycles. The maximum Gasteiger partial charge on any atom is 0.131 e. The number of hydrogen-bond donors (Lipinski definition) is 0. The van der Waals surface area contributed by atoms with Crippen molar-refractivity contribution >= 4 is 21.5 Å². The highest BCUT2D eigenvalue weighted by atomic mass is 19.1. The van der Waals surface area contributed by atoms with Crippen molar-refractivity contribution in [2.45, 2.75) is 13.3 Å². The lowest BCUT2D eigenvalue weighted by atomic mass is 9.96. The van der Waals surface area contributed by atoms with Crippen LogP contribution in [0.5, 0.6) is 0 Å². The summed E-state index contributed by atoms with van der Waals surface area (Å²) < 4.78 is 27.8. The van der Waals surface area contributed by atoms with Gasteiger partial charge in [-0.25, -0.2) is 8.78 Å². The highest BCUT2D eigenvalue weighted by Crippen LogP contribution is 2.32. The van der Waals surface area contributed by atoms with Crippen molar-refractivity contribution in [3.63, 3.8) is 0 Å². The molecule has 2 heteroatoms. The summed E-state index contributed by atoms with van der Waals surface area (Å²) >= 11 is 0. The van der Waals surface area contributed by atoms with E-state index < -0.39 is 0 Å². The van der Waals surface area contributed by atoms with Crippen molar-refractivity contribution in [3.05, 3.63) is 83.9 Å². The quantitative estimate of drug-likeness (QED) is 0.370. The molecule has 0 aromatic heterocycles. The fourth-order valence-corrected chi connectivity index (χ4v) is 3.21. The highest BCUT2D eigenvalue weighted by Gasteiger charge is 2.10. The summed E-state index contributed by atoms with van der Waals surface area (Å²) in [6.07, 6.45) is 0.978. The van der Waals surface area contributed by atoms with Crippen LogP contribution < -0.4 is 0 Å². The fourth-order valence-electron chi connectivity index (χ4n) is 3.21. The Bertz CT molecular complexity index is 1050. The molecule has 0 aliphatic carbocycles. The Labute approximate surface area is 139 Å². The number of benzene rings is 4. The van der Waals surface area contributed by atoms with E-state index in [1.54, 1.807) is 18.2 Å². The van der Waals surface area contributed by atoms with Crippen LogP contribution in [0.1, 0.15) is 12.5 Å². The number of hydrogen-bond acceptors (Lipinski definition) is 0. The lowest BCUT2D eigenvalue weighted by Gasteiger charge is -2.10. The number of halogens is 2. The summed E-state index contributed by atoms with van der Waals surface area (Å²) in [6.45, 7) is 2.12. The Balaban J connectivity index is 1.95. The second kappa shape index (κ2) is 5.72. The van der Waals surface area contributed by atoms with Crippen molar-refractivity contribution < 1.29 is 8.78 Å². The molecular weight excluding hydrogens is 302 g/mol. The Morgan fingerprint density at radius 2 is 1.42 bits per heavy atom. The van der Waals surface area contributed by atoms with E-state index in [1.165, 1.54) is 17.7 Å².